The molecule has 0 radical (unpaired) electrons. The fourth-order valence-electron chi connectivity index (χ4n) is 18.0. The van der Waals surface area contributed by atoms with Crippen molar-refractivity contribution in [2.24, 2.45) is 0 Å². The Kier molecular flexibility index (Phi) is 41.9. The summed E-state index contributed by atoms with van der Waals surface area (Å²) in [6, 6.07) is -10.2. The standard InChI is InChI=1S/C76H127N5O59S/c1-17(91)77-33-43(101)57(26(10-86)121-66(33)115)132-67-34(78-18(2)92)45(103)60(29(13-89)126-67)136-74-56(114)63(42(100)31(130-74)15-119-75-64(51(109)41(99)25(9-85)125-75)139-69-36(80-20(4)94)46(104)59(28(12-88)128-69)135-72-53(111)49(107)39(97)23(7-83)123-72)138-76-65(140-70-37(81-21(5)95)47(105)62(32(131-70)16-120-141(116,117)118)137-73-54(112)50(108)40(98)24(8-84)124-73)55(113)61(30(14-90)129-76)133-68-35(79-19(3)93)44(102)58(27(11-87)127-68)134-71-52(110)48(106)38(96)22(6-82)122-71/h22-76,82-90,96-115H,6-16H2,1-5H3,(H,77,91)(H,78,92)(H,79,93)(H,80,94)(H,81,95)(H,116,117,118)/t22-,23-,24-,25-,26-,27-,28-,29-,30-,31-,32-,33-,34-,35-,36-,37-,38+,39+,40+,41-,42-,43-,44-,45-,46-,47-,48+,49+,50+,51+,52-,53-,54-,55+,56+,57-,58-,59-,60-,61-,62-,63+,64+,65+,66-,67+,68+,69+,70+,71+,72+,73+,74+,75+,76-/m1/s1. The number of aliphatic hydroxyl groups excluding tert-OH is 29. The summed E-state index contributed by atoms with van der Waals surface area (Å²) in [5.74, 6) is -5.11. The van der Waals surface area contributed by atoms with Crippen molar-refractivity contribution >= 4 is 39.9 Å². The van der Waals surface area contributed by atoms with Crippen LogP contribution in [0.3, 0.4) is 0 Å². The molecule has 0 aliphatic carbocycles. The van der Waals surface area contributed by atoms with Crippen LogP contribution in [0.15, 0.2) is 0 Å². The highest BCUT2D eigenvalue weighted by atomic mass is 32.3. The van der Waals surface area contributed by atoms with Crippen LogP contribution in [0.2, 0.25) is 0 Å². The summed E-state index contributed by atoms with van der Waals surface area (Å²) in [5.41, 5.74) is 0. The monoisotopic (exact) mass is 2090 g/mol. The summed E-state index contributed by atoms with van der Waals surface area (Å²) in [6.07, 6.45) is -112. The van der Waals surface area contributed by atoms with E-state index in [1.54, 1.807) is 0 Å². The quantitative estimate of drug-likeness (QED) is 0.0255. The molecule has 11 fully saturated rings. The van der Waals surface area contributed by atoms with Crippen LogP contribution in [0.25, 0.3) is 0 Å². The van der Waals surface area contributed by atoms with Gasteiger partial charge in [0, 0.05) is 34.6 Å². The second kappa shape index (κ2) is 50.7. The zero-order chi connectivity index (χ0) is 104. The van der Waals surface area contributed by atoms with Gasteiger partial charge in [-0.05, 0) is 0 Å². The summed E-state index contributed by atoms with van der Waals surface area (Å²) in [6.45, 7) is -9.22. The molecule has 0 spiro atoms. The highest BCUT2D eigenvalue weighted by molar-refractivity contribution is 7.80. The smallest absolute Gasteiger partial charge is 0.394 e. The Morgan fingerprint density at radius 1 is 0.220 bits per heavy atom. The minimum Gasteiger partial charge on any atom is -0.394 e. The topological polar surface area (TPSA) is 990 Å². The minimum absolute atomic E-state index is 0.792. The SMILES string of the molecule is CC(=O)N[C@@H]1[C@@H](O)[C@H](O[C@@H]2O[C@H](CO)[C@@H](O[C@@H]3O[C@H](CO[C@H]4O[C@H](CO)[C@@H](O)[C@H](O)[C@@H]4O[C@@H]4O[C@H](CO)[C@@H](O[C@@H]5O[C@H](CO)[C@H](O)[C@H](O)[C@H]5O)[C@H](O)[C@H]4NC(C)=O)[C@@H](O)[C@H](O[C@H]4O[C@H](CO)[C@@H](O[C@@H]5O[C@H](CO)[C@@H](O[C@@H]6O[C@H](CO)[C@H](O)[C@H](O)[C@H]6O)[C@H](O)[C@H]5NC(C)=O)[C@H](O)[C@@H]4O[C@@H]4O[C@H](COS(=O)(=O)O)[C@@H](O[C@@H]5O[C@H](CO)[C@H](O)[C@H](O)[C@H]5O)[C@H](O)[C@H]4NC(C)=O)[C@@H]3O)[C@H](O)[C@H]2NC(C)=O)[C@@H](CO)O[C@H]1O. The Balaban J connectivity index is 1.00. The Bertz CT molecular complexity index is 4070. The Morgan fingerprint density at radius 3 is 0.780 bits per heavy atom. The van der Waals surface area contributed by atoms with Crippen LogP contribution in [-0.4, -0.2) is 601 Å². The number of hydrogen-bond acceptors (Lipinski definition) is 58. The number of aliphatic hydroxyl groups is 29. The molecule has 0 aromatic heterocycles. The molecule has 0 bridgehead atoms. The van der Waals surface area contributed by atoms with Crippen LogP contribution in [0.1, 0.15) is 34.6 Å². The first-order chi connectivity index (χ1) is 66.5. The van der Waals surface area contributed by atoms with Crippen molar-refractivity contribution in [1.82, 2.24) is 26.6 Å². The molecule has 11 saturated heterocycles. The molecule has 11 heterocycles. The van der Waals surface area contributed by atoms with Gasteiger partial charge in [0.1, 0.15) is 268 Å². The number of amides is 5. The molecule has 11 aliphatic heterocycles. The van der Waals surface area contributed by atoms with Crippen LogP contribution < -0.4 is 26.6 Å². The van der Waals surface area contributed by atoms with Gasteiger partial charge in [0.25, 0.3) is 0 Å². The van der Waals surface area contributed by atoms with E-state index in [1.165, 1.54) is 0 Å². The van der Waals surface area contributed by atoms with Crippen LogP contribution in [0.5, 0.6) is 0 Å². The van der Waals surface area contributed by atoms with Gasteiger partial charge in [-0.2, -0.15) is 8.42 Å². The lowest BCUT2D eigenvalue weighted by molar-refractivity contribution is -0.406. The molecular formula is C76H127N5O59S. The predicted molar refractivity (Wildman–Crippen MR) is 431 cm³/mol. The first-order valence-electron chi connectivity index (χ1n) is 44.3. The van der Waals surface area contributed by atoms with Crippen LogP contribution in [0.4, 0.5) is 0 Å². The van der Waals surface area contributed by atoms with Gasteiger partial charge >= 0.3 is 10.4 Å². The molecule has 55 atom stereocenters. The molecule has 11 rings (SSSR count). The molecule has 64 nitrogen and oxygen atoms in total. The number of carbonyl (C=O) groups excluding carboxylic acids is 5. The normalized spacial score (nSPS) is 48.0. The van der Waals surface area contributed by atoms with Gasteiger partial charge in [-0.25, -0.2) is 4.18 Å². The molecular weight excluding hydrogens is 1960 g/mol. The fraction of sp³-hybridized carbons (Fsp3) is 0.934. The zero-order valence-corrected chi connectivity index (χ0v) is 76.0. The lowest BCUT2D eigenvalue weighted by Gasteiger charge is -2.52. The Hall–Kier alpha value is -4.78. The number of carbonyl (C=O) groups is 5. The third kappa shape index (κ3) is 26.6. The molecule has 0 saturated carbocycles. The lowest BCUT2D eigenvalue weighted by atomic mass is 9.93. The maximum atomic E-state index is 13.5. The van der Waals surface area contributed by atoms with Gasteiger partial charge in [-0.3, -0.25) is 28.5 Å². The van der Waals surface area contributed by atoms with E-state index in [9.17, 15) is 185 Å². The van der Waals surface area contributed by atoms with Gasteiger partial charge in [-0.15, -0.1) is 0 Å². The first kappa shape index (κ1) is 116. The minimum atomic E-state index is -5.67. The summed E-state index contributed by atoms with van der Waals surface area (Å²) in [7, 11) is -5.67. The lowest BCUT2D eigenvalue weighted by Crippen LogP contribution is -2.71. The third-order valence-electron chi connectivity index (χ3n) is 25.2. The molecule has 141 heavy (non-hydrogen) atoms. The van der Waals surface area contributed by atoms with E-state index in [0.717, 1.165) is 34.6 Å². The van der Waals surface area contributed by atoms with E-state index < -0.39 is 450 Å². The van der Waals surface area contributed by atoms with Gasteiger partial charge in [0.2, 0.25) is 29.5 Å². The summed E-state index contributed by atoms with van der Waals surface area (Å²) < 4.78 is 166. The maximum absolute atomic E-state index is 13.5. The molecule has 0 aromatic rings. The molecule has 0 unspecified atom stereocenters. The van der Waals surface area contributed by atoms with Gasteiger partial charge in [0.15, 0.2) is 69.2 Å². The molecule has 0 aromatic carbocycles. The summed E-state index contributed by atoms with van der Waals surface area (Å²) in [5, 5.41) is 339. The molecule has 5 amide bonds. The average Bonchev–Trinajstić information content (AvgIpc) is 0.758. The highest BCUT2D eigenvalue weighted by Gasteiger charge is 2.64. The highest BCUT2D eigenvalue weighted by Crippen LogP contribution is 2.43. The fourth-order valence-corrected chi connectivity index (χ4v) is 18.3. The van der Waals surface area contributed by atoms with E-state index in [0.29, 0.717) is 0 Å². The Labute approximate surface area is 797 Å². The van der Waals surface area contributed by atoms with Crippen molar-refractivity contribution in [2.45, 2.75) is 372 Å². The van der Waals surface area contributed by atoms with E-state index in [4.69, 9.17) is 99.5 Å². The predicted octanol–water partition coefficient (Wildman–Crippen LogP) is -24.4. The number of ether oxygens (including phenoxy) is 21. The van der Waals surface area contributed by atoms with Crippen molar-refractivity contribution in [2.75, 3.05) is 72.7 Å². The number of nitrogens with one attached hydrogen (secondary N) is 5. The zero-order valence-electron chi connectivity index (χ0n) is 75.2. The van der Waals surface area contributed by atoms with Crippen molar-refractivity contribution in [3.63, 3.8) is 0 Å². The van der Waals surface area contributed by atoms with Crippen LogP contribution in [-0.2, 0) is 138 Å². The van der Waals surface area contributed by atoms with Crippen molar-refractivity contribution < 1.29 is 289 Å². The molecule has 816 valence electrons. The second-order valence-corrected chi connectivity index (χ2v) is 36.1. The first-order valence-corrected chi connectivity index (χ1v) is 45.7. The van der Waals surface area contributed by atoms with E-state index in [2.05, 4.69) is 30.8 Å². The van der Waals surface area contributed by atoms with Crippen molar-refractivity contribution in [3.8, 4) is 0 Å². The van der Waals surface area contributed by atoms with Crippen molar-refractivity contribution in [3.05, 3.63) is 0 Å². The summed E-state index contributed by atoms with van der Waals surface area (Å²) >= 11 is 0. The number of hydrogen-bond donors (Lipinski definition) is 35. The molecule has 65 heteroatoms. The maximum Gasteiger partial charge on any atom is 0.397 e. The summed E-state index contributed by atoms with van der Waals surface area (Å²) in [4.78, 5) is 65.4. The molecule has 35 N–H and O–H groups in total. The van der Waals surface area contributed by atoms with E-state index in [1.807, 2.05) is 0 Å². The van der Waals surface area contributed by atoms with Gasteiger partial charge in [0.05, 0.1) is 72.7 Å². The largest absolute Gasteiger partial charge is 0.397 e. The Morgan fingerprint density at radius 2 is 0.454 bits per heavy atom. The van der Waals surface area contributed by atoms with E-state index in [-0.39, 0.29) is 0 Å². The van der Waals surface area contributed by atoms with E-state index >= 15 is 0 Å². The van der Waals surface area contributed by atoms with Gasteiger partial charge < -0.3 is 274 Å². The van der Waals surface area contributed by atoms with Crippen LogP contribution >= 0.6 is 0 Å². The average molecular weight is 2090 g/mol. The molecule has 11 aliphatic rings. The number of rotatable bonds is 38. The van der Waals surface area contributed by atoms with Crippen molar-refractivity contribution in [1.29, 1.82) is 0 Å². The van der Waals surface area contributed by atoms with Crippen LogP contribution in [0, 0.1) is 0 Å². The van der Waals surface area contributed by atoms with Gasteiger partial charge in [-0.1, -0.05) is 0 Å². The third-order valence-corrected chi connectivity index (χ3v) is 25.6. The second-order valence-electron chi connectivity index (χ2n) is 35.0.